The summed E-state index contributed by atoms with van der Waals surface area (Å²) in [5, 5.41) is 16.1. The van der Waals surface area contributed by atoms with Gasteiger partial charge in [0.1, 0.15) is 0 Å². The maximum atomic E-state index is 8.07. The SMILES string of the molecule is C1=CC2CCC(CCC3CCC4CCCCC43)C2C=C1.CC.CC.CCCCO.CCCCO.[CH3-].[CH3-].[Hf]. The van der Waals surface area contributed by atoms with E-state index in [0.29, 0.717) is 13.2 Å². The number of aliphatic hydroxyl groups excluding tert-OH is 2. The molecule has 3 fully saturated rings. The molecule has 222 valence electrons. The van der Waals surface area contributed by atoms with Gasteiger partial charge in [0.2, 0.25) is 0 Å². The molecule has 0 aliphatic heterocycles. The first-order valence-electron chi connectivity index (χ1n) is 15.3. The third-order valence-corrected chi connectivity index (χ3v) is 8.13. The summed E-state index contributed by atoms with van der Waals surface area (Å²) in [6.07, 6.45) is 28.9. The summed E-state index contributed by atoms with van der Waals surface area (Å²) in [6, 6.07) is 0. The largest absolute Gasteiger partial charge is 0.396 e. The van der Waals surface area contributed by atoms with E-state index in [9.17, 15) is 0 Å². The van der Waals surface area contributed by atoms with Crippen molar-refractivity contribution in [1.29, 1.82) is 0 Å². The van der Waals surface area contributed by atoms with Crippen molar-refractivity contribution in [3.05, 3.63) is 39.2 Å². The summed E-state index contributed by atoms with van der Waals surface area (Å²) >= 11 is 0. The van der Waals surface area contributed by atoms with Gasteiger partial charge in [-0.3, -0.25) is 0 Å². The zero-order valence-electron chi connectivity index (χ0n) is 26.5. The third kappa shape index (κ3) is 17.5. The van der Waals surface area contributed by atoms with Gasteiger partial charge in [0.25, 0.3) is 0 Å². The molecule has 0 bridgehead atoms. The Balaban J connectivity index is -0.000000274. The molecule has 3 saturated carbocycles. The molecule has 4 aliphatic rings. The predicted octanol–water partition coefficient (Wildman–Crippen LogP) is 10.3. The van der Waals surface area contributed by atoms with Crippen molar-refractivity contribution in [2.45, 2.75) is 131 Å². The number of fused-ring (bicyclic) bond motifs is 2. The van der Waals surface area contributed by atoms with Gasteiger partial charge in [-0.25, -0.2) is 0 Å². The summed E-state index contributed by atoms with van der Waals surface area (Å²) in [5.74, 6) is 6.14. The van der Waals surface area contributed by atoms with Crippen LogP contribution in [0.1, 0.15) is 131 Å². The monoisotopic (exact) mass is 688 g/mol. The first kappa shape index (κ1) is 44.3. The maximum absolute atomic E-state index is 8.07. The van der Waals surface area contributed by atoms with E-state index in [-0.39, 0.29) is 40.7 Å². The van der Waals surface area contributed by atoms with Crippen molar-refractivity contribution < 1.29 is 36.1 Å². The van der Waals surface area contributed by atoms with E-state index in [1.165, 1.54) is 32.1 Å². The van der Waals surface area contributed by atoms with Gasteiger partial charge in [-0.1, -0.05) is 98.0 Å². The molecule has 0 aromatic heterocycles. The quantitative estimate of drug-likeness (QED) is 0.207. The number of aliphatic hydroxyl groups is 2. The minimum Gasteiger partial charge on any atom is -0.396 e. The Bertz CT molecular complexity index is 480. The zero-order valence-corrected chi connectivity index (χ0v) is 30.1. The minimum absolute atomic E-state index is 0. The summed E-state index contributed by atoms with van der Waals surface area (Å²) < 4.78 is 0. The fourth-order valence-electron chi connectivity index (χ4n) is 6.36. The van der Waals surface area contributed by atoms with Crippen molar-refractivity contribution in [2.75, 3.05) is 13.2 Å². The molecule has 0 radical (unpaired) electrons. The van der Waals surface area contributed by atoms with Crippen LogP contribution >= 0.6 is 0 Å². The Morgan fingerprint density at radius 2 is 1.16 bits per heavy atom. The Labute approximate surface area is 254 Å². The van der Waals surface area contributed by atoms with Crippen LogP contribution in [-0.4, -0.2) is 23.4 Å². The Hall–Kier alpha value is 0.270. The van der Waals surface area contributed by atoms with Crippen molar-refractivity contribution >= 4 is 0 Å². The fourth-order valence-corrected chi connectivity index (χ4v) is 6.36. The molecule has 6 atom stereocenters. The molecule has 4 rings (SSSR count). The van der Waals surface area contributed by atoms with E-state index in [0.717, 1.165) is 61.2 Å². The number of hydrogen-bond donors (Lipinski definition) is 2. The van der Waals surface area contributed by atoms with Gasteiger partial charge < -0.3 is 25.1 Å². The van der Waals surface area contributed by atoms with E-state index in [4.69, 9.17) is 10.2 Å². The molecule has 2 N–H and O–H groups in total. The van der Waals surface area contributed by atoms with E-state index >= 15 is 0 Å². The van der Waals surface area contributed by atoms with E-state index < -0.39 is 0 Å². The third-order valence-electron chi connectivity index (χ3n) is 8.13. The van der Waals surface area contributed by atoms with Crippen LogP contribution in [0.5, 0.6) is 0 Å². The number of hydrogen-bond acceptors (Lipinski definition) is 2. The zero-order chi connectivity index (χ0) is 25.6. The van der Waals surface area contributed by atoms with Crippen LogP contribution in [0.4, 0.5) is 0 Å². The molecule has 0 heterocycles. The van der Waals surface area contributed by atoms with Gasteiger partial charge in [0.15, 0.2) is 0 Å². The molecule has 0 spiro atoms. The summed E-state index contributed by atoms with van der Waals surface area (Å²) in [6.45, 7) is 12.8. The Morgan fingerprint density at radius 3 is 1.70 bits per heavy atom. The first-order valence-corrected chi connectivity index (χ1v) is 15.3. The normalized spacial score (nSPS) is 27.7. The molecule has 0 amide bonds. The van der Waals surface area contributed by atoms with Crippen LogP contribution in [-0.2, 0) is 25.8 Å². The average molecular weight is 687 g/mol. The number of unbranched alkanes of at least 4 members (excludes halogenated alkanes) is 2. The van der Waals surface area contributed by atoms with Gasteiger partial charge in [-0.2, -0.15) is 0 Å². The van der Waals surface area contributed by atoms with Crippen LogP contribution in [0.2, 0.25) is 0 Å². The number of rotatable bonds is 7. The molecular formula is C34H68HfO2-2. The summed E-state index contributed by atoms with van der Waals surface area (Å²) in [7, 11) is 0. The van der Waals surface area contributed by atoms with Gasteiger partial charge >= 0.3 is 0 Å². The van der Waals surface area contributed by atoms with E-state index in [2.05, 4.69) is 38.2 Å². The molecule has 6 unspecified atom stereocenters. The van der Waals surface area contributed by atoms with Crippen LogP contribution < -0.4 is 0 Å². The smallest absolute Gasteiger partial charge is 0.0430 e. The maximum Gasteiger partial charge on any atom is 0.0430 e. The molecular weight excluding hydrogens is 619 g/mol. The minimum atomic E-state index is 0. The van der Waals surface area contributed by atoms with Crippen molar-refractivity contribution in [2.24, 2.45) is 35.5 Å². The molecule has 0 aromatic rings. The Kier molecular flexibility index (Phi) is 36.9. The van der Waals surface area contributed by atoms with Gasteiger partial charge in [-0.05, 0) is 93.3 Å². The van der Waals surface area contributed by atoms with Crippen molar-refractivity contribution in [3.8, 4) is 0 Å². The molecule has 2 nitrogen and oxygen atoms in total. The molecule has 3 heteroatoms. The van der Waals surface area contributed by atoms with Crippen LogP contribution in [0.3, 0.4) is 0 Å². The second-order valence-corrected chi connectivity index (χ2v) is 10.1. The predicted molar refractivity (Wildman–Crippen MR) is 165 cm³/mol. The Morgan fingerprint density at radius 1 is 0.649 bits per heavy atom. The topological polar surface area (TPSA) is 40.5 Å². The van der Waals surface area contributed by atoms with Crippen molar-refractivity contribution in [3.63, 3.8) is 0 Å². The van der Waals surface area contributed by atoms with Crippen molar-refractivity contribution in [1.82, 2.24) is 0 Å². The van der Waals surface area contributed by atoms with E-state index in [1.54, 1.807) is 32.1 Å². The summed E-state index contributed by atoms with van der Waals surface area (Å²) in [5.41, 5.74) is 0. The second kappa shape index (κ2) is 30.8. The summed E-state index contributed by atoms with van der Waals surface area (Å²) in [4.78, 5) is 0. The van der Waals surface area contributed by atoms with E-state index in [1.807, 2.05) is 27.7 Å². The first-order chi connectivity index (χ1) is 16.7. The van der Waals surface area contributed by atoms with Gasteiger partial charge in [0, 0.05) is 39.1 Å². The van der Waals surface area contributed by atoms with Crippen LogP contribution in [0, 0.1) is 50.4 Å². The fraction of sp³-hybridized carbons (Fsp3) is 0.824. The number of allylic oxidation sites excluding steroid dienone is 4. The van der Waals surface area contributed by atoms with Gasteiger partial charge in [0.05, 0.1) is 0 Å². The molecule has 0 saturated heterocycles. The average Bonchev–Trinajstić information content (AvgIpc) is 3.51. The molecule has 0 aromatic carbocycles. The van der Waals surface area contributed by atoms with Crippen LogP contribution in [0.25, 0.3) is 0 Å². The second-order valence-electron chi connectivity index (χ2n) is 10.1. The van der Waals surface area contributed by atoms with Crippen LogP contribution in [0.15, 0.2) is 24.3 Å². The van der Waals surface area contributed by atoms with Gasteiger partial charge in [-0.15, -0.1) is 0 Å². The molecule has 37 heavy (non-hydrogen) atoms. The molecule has 4 aliphatic carbocycles. The standard InChI is InChI=1S/C20H30.2C4H10O.2C2H6.2CH3.Hf/c1-3-7-19-15(5-1)9-11-17(19)13-14-18-12-10-16-6-2-4-8-20(16)18;2*1-2-3-4-5;2*1-2;;;/h1,3,5,7,15-20H,2,4,6,8-14H2;2*5H,2-4H2,1H3;2*1-2H3;2*1H3;/q;;;;;2*-1;.